The Morgan fingerprint density at radius 3 is 2.84 bits per heavy atom. The quantitative estimate of drug-likeness (QED) is 0.555. The van der Waals surface area contributed by atoms with Gasteiger partial charge in [0.25, 0.3) is 0 Å². The highest BCUT2D eigenvalue weighted by molar-refractivity contribution is 5.05. The Morgan fingerprint density at radius 2 is 2.00 bits per heavy atom. The van der Waals surface area contributed by atoms with Crippen LogP contribution in [0.1, 0.15) is 64.7 Å². The summed E-state index contributed by atoms with van der Waals surface area (Å²) < 4.78 is 11.3. The third kappa shape index (κ3) is 2.85. The van der Waals surface area contributed by atoms with Gasteiger partial charge in [-0.2, -0.15) is 0 Å². The van der Waals surface area contributed by atoms with E-state index >= 15 is 0 Å². The first kappa shape index (κ1) is 12.6. The normalized spacial score (nSPS) is 48.5. The van der Waals surface area contributed by atoms with Crippen LogP contribution in [0.25, 0.3) is 0 Å². The highest BCUT2D eigenvalue weighted by atomic mass is 16.6. The Labute approximate surface area is 117 Å². The number of fused-ring (bicyclic) bond motifs is 2. The molecule has 19 heavy (non-hydrogen) atoms. The summed E-state index contributed by atoms with van der Waals surface area (Å²) in [5.74, 6) is 3.56. The minimum Gasteiger partial charge on any atom is -0.370 e. The monoisotopic (exact) mass is 263 g/mol. The highest BCUT2D eigenvalue weighted by Crippen LogP contribution is 2.45. The SMILES string of the molecule is CC1CC(CCCC[C]2CCC3OC3C2)CC2OC12. The average molecular weight is 263 g/mol. The van der Waals surface area contributed by atoms with E-state index in [1.807, 2.05) is 0 Å². The fourth-order valence-electron chi connectivity index (χ4n) is 4.55. The molecular formula is C17H27O2. The van der Waals surface area contributed by atoms with Crippen molar-refractivity contribution in [1.82, 2.24) is 0 Å². The topological polar surface area (TPSA) is 25.1 Å². The third-order valence-electron chi connectivity index (χ3n) is 5.81. The summed E-state index contributed by atoms with van der Waals surface area (Å²) >= 11 is 0. The maximum absolute atomic E-state index is 5.72. The Bertz CT molecular complexity index is 329. The van der Waals surface area contributed by atoms with Crippen molar-refractivity contribution in [3.8, 4) is 0 Å². The van der Waals surface area contributed by atoms with Crippen LogP contribution in [0.3, 0.4) is 0 Å². The number of unbranched alkanes of at least 4 members (excludes halogenated alkanes) is 1. The molecule has 1 radical (unpaired) electrons. The number of epoxide rings is 2. The van der Waals surface area contributed by atoms with E-state index < -0.39 is 0 Å². The zero-order valence-corrected chi connectivity index (χ0v) is 12.1. The molecule has 2 aliphatic heterocycles. The molecule has 0 aromatic rings. The van der Waals surface area contributed by atoms with Crippen molar-refractivity contribution in [3.63, 3.8) is 0 Å². The molecule has 2 aliphatic carbocycles. The van der Waals surface area contributed by atoms with Gasteiger partial charge in [0, 0.05) is 0 Å². The number of rotatable bonds is 5. The zero-order chi connectivity index (χ0) is 12.8. The van der Waals surface area contributed by atoms with Crippen LogP contribution in [-0.4, -0.2) is 24.4 Å². The van der Waals surface area contributed by atoms with Crippen LogP contribution in [0.2, 0.25) is 0 Å². The molecule has 0 spiro atoms. The number of hydrogen-bond donors (Lipinski definition) is 0. The fraction of sp³-hybridized carbons (Fsp3) is 0.941. The van der Waals surface area contributed by atoms with Crippen LogP contribution in [-0.2, 0) is 9.47 Å². The van der Waals surface area contributed by atoms with Gasteiger partial charge >= 0.3 is 0 Å². The van der Waals surface area contributed by atoms with Crippen molar-refractivity contribution in [2.24, 2.45) is 11.8 Å². The molecule has 0 N–H and O–H groups in total. The maximum Gasteiger partial charge on any atom is 0.0867 e. The summed E-state index contributed by atoms with van der Waals surface area (Å²) in [6.45, 7) is 2.38. The van der Waals surface area contributed by atoms with E-state index in [0.29, 0.717) is 24.4 Å². The van der Waals surface area contributed by atoms with Crippen molar-refractivity contribution in [3.05, 3.63) is 5.92 Å². The minimum absolute atomic E-state index is 0.631. The standard InChI is InChI=1S/C17H27O2/c1-11-8-13(10-16-17(11)19-16)5-3-2-4-12-6-7-14-15(9-12)18-14/h11,13-17H,2-10H2,1H3. The molecule has 0 bridgehead atoms. The van der Waals surface area contributed by atoms with Crippen molar-refractivity contribution in [2.75, 3.05) is 0 Å². The molecule has 0 aromatic heterocycles. The van der Waals surface area contributed by atoms with Gasteiger partial charge in [-0.3, -0.25) is 0 Å². The lowest BCUT2D eigenvalue weighted by molar-refractivity contribution is 0.294. The van der Waals surface area contributed by atoms with Crippen LogP contribution in [0.4, 0.5) is 0 Å². The second-order valence-electron chi connectivity index (χ2n) is 7.41. The lowest BCUT2D eigenvalue weighted by Crippen LogP contribution is -2.21. The Morgan fingerprint density at radius 1 is 1.05 bits per heavy atom. The minimum atomic E-state index is 0.631. The van der Waals surface area contributed by atoms with Gasteiger partial charge in [-0.25, -0.2) is 0 Å². The van der Waals surface area contributed by atoms with Gasteiger partial charge in [0.1, 0.15) is 0 Å². The molecule has 6 atom stereocenters. The number of hydrogen-bond acceptors (Lipinski definition) is 2. The first-order chi connectivity index (χ1) is 9.29. The van der Waals surface area contributed by atoms with Crippen LogP contribution in [0, 0.1) is 17.8 Å². The van der Waals surface area contributed by atoms with Crippen LogP contribution >= 0.6 is 0 Å². The molecule has 4 fully saturated rings. The maximum atomic E-state index is 5.72. The Balaban J connectivity index is 1.12. The molecule has 0 aromatic carbocycles. The predicted molar refractivity (Wildman–Crippen MR) is 74.8 cm³/mol. The number of ether oxygens (including phenoxy) is 2. The van der Waals surface area contributed by atoms with Gasteiger partial charge in [0.05, 0.1) is 24.4 Å². The first-order valence-corrected chi connectivity index (χ1v) is 8.44. The van der Waals surface area contributed by atoms with Crippen LogP contribution in [0.15, 0.2) is 0 Å². The molecule has 2 nitrogen and oxygen atoms in total. The van der Waals surface area contributed by atoms with Gasteiger partial charge in [-0.1, -0.05) is 26.2 Å². The second kappa shape index (κ2) is 5.04. The molecule has 2 saturated carbocycles. The molecule has 4 rings (SSSR count). The lowest BCUT2D eigenvalue weighted by atomic mass is 9.79. The summed E-state index contributed by atoms with van der Waals surface area (Å²) in [5.41, 5.74) is 0. The van der Waals surface area contributed by atoms with Gasteiger partial charge in [0.2, 0.25) is 0 Å². The Hall–Kier alpha value is -0.0800. The van der Waals surface area contributed by atoms with Crippen LogP contribution < -0.4 is 0 Å². The summed E-state index contributed by atoms with van der Waals surface area (Å²) in [6, 6.07) is 0. The van der Waals surface area contributed by atoms with Crippen molar-refractivity contribution < 1.29 is 9.47 Å². The van der Waals surface area contributed by atoms with Crippen molar-refractivity contribution in [1.29, 1.82) is 0 Å². The summed E-state index contributed by atoms with van der Waals surface area (Å²) in [4.78, 5) is 0. The fourth-order valence-corrected chi connectivity index (χ4v) is 4.55. The van der Waals surface area contributed by atoms with E-state index in [-0.39, 0.29) is 0 Å². The van der Waals surface area contributed by atoms with E-state index in [9.17, 15) is 0 Å². The molecular weight excluding hydrogens is 236 g/mol. The predicted octanol–water partition coefficient (Wildman–Crippen LogP) is 3.89. The van der Waals surface area contributed by atoms with Gasteiger partial charge in [-0.15, -0.1) is 0 Å². The average Bonchev–Trinajstić information content (AvgIpc) is 3.27. The van der Waals surface area contributed by atoms with E-state index in [0.717, 1.165) is 11.8 Å². The Kier molecular flexibility index (Phi) is 3.35. The summed E-state index contributed by atoms with van der Waals surface area (Å²) in [6.07, 6.45) is 14.9. The molecule has 6 unspecified atom stereocenters. The van der Waals surface area contributed by atoms with Crippen molar-refractivity contribution in [2.45, 2.75) is 89.1 Å². The van der Waals surface area contributed by atoms with Gasteiger partial charge < -0.3 is 9.47 Å². The molecule has 2 heterocycles. The largest absolute Gasteiger partial charge is 0.370 e. The summed E-state index contributed by atoms with van der Waals surface area (Å²) in [5, 5.41) is 0. The third-order valence-corrected chi connectivity index (χ3v) is 5.81. The van der Waals surface area contributed by atoms with E-state index in [1.54, 1.807) is 5.92 Å². The highest BCUT2D eigenvalue weighted by Gasteiger charge is 2.48. The van der Waals surface area contributed by atoms with E-state index in [2.05, 4.69) is 6.92 Å². The second-order valence-corrected chi connectivity index (χ2v) is 7.41. The van der Waals surface area contributed by atoms with Gasteiger partial charge in [0.15, 0.2) is 0 Å². The molecule has 2 heteroatoms. The molecule has 2 saturated heterocycles. The zero-order valence-electron chi connectivity index (χ0n) is 12.1. The van der Waals surface area contributed by atoms with E-state index in [4.69, 9.17) is 9.47 Å². The first-order valence-electron chi connectivity index (χ1n) is 8.44. The van der Waals surface area contributed by atoms with Gasteiger partial charge in [-0.05, 0) is 56.3 Å². The molecule has 4 aliphatic rings. The van der Waals surface area contributed by atoms with Crippen molar-refractivity contribution >= 4 is 0 Å². The lowest BCUT2D eigenvalue weighted by Gasteiger charge is -2.24. The smallest absolute Gasteiger partial charge is 0.0867 e. The molecule has 0 amide bonds. The van der Waals surface area contributed by atoms with E-state index in [1.165, 1.54) is 57.8 Å². The summed E-state index contributed by atoms with van der Waals surface area (Å²) in [7, 11) is 0. The molecule has 107 valence electrons. The van der Waals surface area contributed by atoms with Crippen LogP contribution in [0.5, 0.6) is 0 Å².